The first kappa shape index (κ1) is 14.1. The second-order valence-corrected chi connectivity index (χ2v) is 5.74. The Morgan fingerprint density at radius 2 is 1.95 bits per heavy atom. The van der Waals surface area contributed by atoms with Gasteiger partial charge in [0.1, 0.15) is 5.60 Å². The normalized spacial score (nSPS) is 32.0. The van der Waals surface area contributed by atoms with E-state index in [1.54, 1.807) is 0 Å². The van der Waals surface area contributed by atoms with Crippen LogP contribution < -0.4 is 0 Å². The second-order valence-electron chi connectivity index (χ2n) is 5.74. The molecule has 0 bridgehead atoms. The highest BCUT2D eigenvalue weighted by Crippen LogP contribution is 2.42. The second kappa shape index (κ2) is 5.33. The van der Waals surface area contributed by atoms with Crippen LogP contribution in [0.5, 0.6) is 0 Å². The van der Waals surface area contributed by atoms with Crippen LogP contribution in [0.4, 0.5) is 0 Å². The van der Waals surface area contributed by atoms with Gasteiger partial charge in [-0.15, -0.1) is 0 Å². The molecule has 104 valence electrons. The smallest absolute Gasteiger partial charge is 0.303 e. The van der Waals surface area contributed by atoms with E-state index < -0.39 is 5.60 Å². The van der Waals surface area contributed by atoms with Gasteiger partial charge < -0.3 is 9.64 Å². The third kappa shape index (κ3) is 2.66. The van der Waals surface area contributed by atoms with Crippen molar-refractivity contribution >= 4 is 5.97 Å². The minimum Gasteiger partial charge on any atom is -0.454 e. The molecule has 2 rings (SSSR count). The summed E-state index contributed by atoms with van der Waals surface area (Å²) in [6.07, 6.45) is 0.842. The summed E-state index contributed by atoms with van der Waals surface area (Å²) in [6.45, 7) is 6.79. The van der Waals surface area contributed by atoms with E-state index in [4.69, 9.17) is 4.74 Å². The zero-order chi connectivity index (χ0) is 14.0. The number of nitrogens with zero attached hydrogens (tertiary/aromatic N) is 1. The SMILES string of the molecule is CC(=O)O[C@]1(c2ccccc2)C[C@@H](C)N(C)C[C@@H]1C. The number of carbonyl (C=O) groups is 1. The fourth-order valence-corrected chi connectivity index (χ4v) is 3.14. The fourth-order valence-electron chi connectivity index (χ4n) is 3.14. The van der Waals surface area contributed by atoms with Crippen molar-refractivity contribution in [1.29, 1.82) is 0 Å². The molecular weight excluding hydrogens is 238 g/mol. The van der Waals surface area contributed by atoms with Crippen molar-refractivity contribution in [2.45, 2.75) is 38.8 Å². The first-order chi connectivity index (χ1) is 8.95. The van der Waals surface area contributed by atoms with Gasteiger partial charge in [-0.3, -0.25) is 4.79 Å². The lowest BCUT2D eigenvalue weighted by Gasteiger charge is -2.48. The van der Waals surface area contributed by atoms with E-state index in [1.165, 1.54) is 6.92 Å². The monoisotopic (exact) mass is 261 g/mol. The summed E-state index contributed by atoms with van der Waals surface area (Å²) in [6, 6.07) is 10.5. The molecule has 0 aromatic heterocycles. The van der Waals surface area contributed by atoms with Crippen LogP contribution in [-0.4, -0.2) is 30.5 Å². The van der Waals surface area contributed by atoms with Crippen LogP contribution in [-0.2, 0) is 15.1 Å². The van der Waals surface area contributed by atoms with Gasteiger partial charge in [0, 0.05) is 31.8 Å². The molecule has 0 saturated carbocycles. The zero-order valence-electron chi connectivity index (χ0n) is 12.2. The summed E-state index contributed by atoms with van der Waals surface area (Å²) < 4.78 is 5.83. The molecule has 1 aromatic rings. The zero-order valence-corrected chi connectivity index (χ0v) is 12.2. The molecule has 0 unspecified atom stereocenters. The topological polar surface area (TPSA) is 29.5 Å². The van der Waals surface area contributed by atoms with Gasteiger partial charge in [0.25, 0.3) is 0 Å². The fraction of sp³-hybridized carbons (Fsp3) is 0.562. The van der Waals surface area contributed by atoms with Crippen LogP contribution in [0.1, 0.15) is 32.8 Å². The lowest BCUT2D eigenvalue weighted by atomic mass is 9.74. The van der Waals surface area contributed by atoms with Crippen LogP contribution >= 0.6 is 0 Å². The maximum Gasteiger partial charge on any atom is 0.303 e. The number of piperidine rings is 1. The Labute approximate surface area is 115 Å². The number of benzene rings is 1. The van der Waals surface area contributed by atoms with Gasteiger partial charge in [-0.25, -0.2) is 0 Å². The molecular formula is C16H23NO2. The van der Waals surface area contributed by atoms with E-state index in [0.29, 0.717) is 6.04 Å². The average molecular weight is 261 g/mol. The quantitative estimate of drug-likeness (QED) is 0.767. The van der Waals surface area contributed by atoms with Crippen LogP contribution in [0.2, 0.25) is 0 Å². The Morgan fingerprint density at radius 3 is 2.53 bits per heavy atom. The average Bonchev–Trinajstić information content (AvgIpc) is 2.36. The van der Waals surface area contributed by atoms with Crippen molar-refractivity contribution in [3.63, 3.8) is 0 Å². The molecule has 3 atom stereocenters. The summed E-state index contributed by atoms with van der Waals surface area (Å²) in [7, 11) is 2.13. The number of esters is 1. The van der Waals surface area contributed by atoms with Gasteiger partial charge in [-0.05, 0) is 19.5 Å². The molecule has 1 aliphatic rings. The number of rotatable bonds is 2. The lowest BCUT2D eigenvalue weighted by molar-refractivity contribution is -0.175. The Bertz CT molecular complexity index is 445. The molecule has 3 heteroatoms. The van der Waals surface area contributed by atoms with Crippen LogP contribution in [0.15, 0.2) is 30.3 Å². The van der Waals surface area contributed by atoms with Gasteiger partial charge in [0.05, 0.1) is 0 Å². The number of ether oxygens (including phenoxy) is 1. The first-order valence-corrected chi connectivity index (χ1v) is 6.91. The van der Waals surface area contributed by atoms with Crippen molar-refractivity contribution in [3.8, 4) is 0 Å². The van der Waals surface area contributed by atoms with Gasteiger partial charge >= 0.3 is 5.97 Å². The largest absolute Gasteiger partial charge is 0.454 e. The third-order valence-electron chi connectivity index (χ3n) is 4.30. The van der Waals surface area contributed by atoms with Crippen LogP contribution in [0.3, 0.4) is 0 Å². The minimum absolute atomic E-state index is 0.201. The van der Waals surface area contributed by atoms with Gasteiger partial charge in [0.2, 0.25) is 0 Å². The molecule has 0 N–H and O–H groups in total. The van der Waals surface area contributed by atoms with Crippen molar-refractivity contribution in [2.24, 2.45) is 5.92 Å². The number of carbonyl (C=O) groups excluding carboxylic acids is 1. The predicted octanol–water partition coefficient (Wildman–Crippen LogP) is 2.81. The minimum atomic E-state index is -0.487. The van der Waals surface area contributed by atoms with Crippen molar-refractivity contribution in [2.75, 3.05) is 13.6 Å². The number of hydrogen-bond donors (Lipinski definition) is 0. The summed E-state index contributed by atoms with van der Waals surface area (Å²) in [4.78, 5) is 13.9. The van der Waals surface area contributed by atoms with E-state index >= 15 is 0 Å². The summed E-state index contributed by atoms with van der Waals surface area (Å²) in [5.41, 5.74) is 0.622. The van der Waals surface area contributed by atoms with E-state index in [-0.39, 0.29) is 11.9 Å². The van der Waals surface area contributed by atoms with Crippen LogP contribution in [0.25, 0.3) is 0 Å². The van der Waals surface area contributed by atoms with Gasteiger partial charge in [0.15, 0.2) is 0 Å². The first-order valence-electron chi connectivity index (χ1n) is 6.91. The molecule has 19 heavy (non-hydrogen) atoms. The Balaban J connectivity index is 2.43. The highest BCUT2D eigenvalue weighted by Gasteiger charge is 2.46. The summed E-state index contributed by atoms with van der Waals surface area (Å²) in [5, 5.41) is 0. The lowest BCUT2D eigenvalue weighted by Crippen LogP contribution is -2.53. The molecule has 0 amide bonds. The Kier molecular flexibility index (Phi) is 3.95. The van der Waals surface area contributed by atoms with Crippen molar-refractivity contribution in [3.05, 3.63) is 35.9 Å². The highest BCUT2D eigenvalue weighted by atomic mass is 16.6. The highest BCUT2D eigenvalue weighted by molar-refractivity contribution is 5.67. The molecule has 1 heterocycles. The standard InChI is InChI=1S/C16H23NO2/c1-12-11-17(4)13(2)10-16(12,19-14(3)18)15-8-6-5-7-9-15/h5-9,12-13H,10-11H2,1-4H3/t12-,13+,16+/m0/s1. The molecule has 1 fully saturated rings. The maximum absolute atomic E-state index is 11.6. The molecule has 0 aliphatic carbocycles. The van der Waals surface area contributed by atoms with Crippen molar-refractivity contribution in [1.82, 2.24) is 4.90 Å². The summed E-state index contributed by atoms with van der Waals surface area (Å²) >= 11 is 0. The molecule has 1 saturated heterocycles. The number of hydrogen-bond acceptors (Lipinski definition) is 3. The Hall–Kier alpha value is -1.35. The molecule has 1 aromatic carbocycles. The van der Waals surface area contributed by atoms with E-state index in [0.717, 1.165) is 18.5 Å². The third-order valence-corrected chi connectivity index (χ3v) is 4.30. The van der Waals surface area contributed by atoms with E-state index in [2.05, 4.69) is 37.9 Å². The van der Waals surface area contributed by atoms with E-state index in [9.17, 15) is 4.79 Å². The predicted molar refractivity (Wildman–Crippen MR) is 75.8 cm³/mol. The number of likely N-dealkylation sites (tertiary alicyclic amines) is 1. The maximum atomic E-state index is 11.6. The van der Waals surface area contributed by atoms with E-state index in [1.807, 2.05) is 18.2 Å². The molecule has 0 radical (unpaired) electrons. The van der Waals surface area contributed by atoms with Gasteiger partial charge in [-0.2, -0.15) is 0 Å². The molecule has 0 spiro atoms. The summed E-state index contributed by atoms with van der Waals surface area (Å²) in [5.74, 6) is 0.0763. The molecule has 3 nitrogen and oxygen atoms in total. The Morgan fingerprint density at radius 1 is 1.32 bits per heavy atom. The van der Waals surface area contributed by atoms with Crippen molar-refractivity contribution < 1.29 is 9.53 Å². The van der Waals surface area contributed by atoms with Crippen LogP contribution in [0, 0.1) is 5.92 Å². The van der Waals surface area contributed by atoms with Gasteiger partial charge in [-0.1, -0.05) is 37.3 Å². The molecule has 1 aliphatic heterocycles.